The fourth-order valence-corrected chi connectivity index (χ4v) is 5.32. The normalized spacial score (nSPS) is 12.4. The molecule has 0 bridgehead atoms. The van der Waals surface area contributed by atoms with Crippen LogP contribution < -0.4 is 14.8 Å². The minimum absolute atomic E-state index is 0.113. The van der Waals surface area contributed by atoms with Gasteiger partial charge in [0, 0.05) is 11.6 Å². The van der Waals surface area contributed by atoms with E-state index in [1.165, 1.54) is 0 Å². The number of carbonyl (C=O) groups is 1. The number of rotatable bonds is 8. The summed E-state index contributed by atoms with van der Waals surface area (Å²) in [6, 6.07) is 12.2. The molecule has 8 nitrogen and oxygen atoms in total. The van der Waals surface area contributed by atoms with Gasteiger partial charge in [-0.2, -0.15) is 0 Å². The van der Waals surface area contributed by atoms with Crippen LogP contribution in [0.4, 0.5) is 5.13 Å². The molecule has 164 valence electrons. The van der Waals surface area contributed by atoms with Crippen molar-refractivity contribution >= 4 is 32.4 Å². The van der Waals surface area contributed by atoms with Crippen molar-refractivity contribution in [2.45, 2.75) is 37.6 Å². The van der Waals surface area contributed by atoms with Gasteiger partial charge in [-0.1, -0.05) is 48.6 Å². The number of sulfonamides is 1. The fourth-order valence-electron chi connectivity index (χ4n) is 3.10. The summed E-state index contributed by atoms with van der Waals surface area (Å²) in [4.78, 5) is 12.4. The van der Waals surface area contributed by atoms with E-state index in [1.807, 2.05) is 51.1 Å². The Hall–Kier alpha value is -2.82. The van der Waals surface area contributed by atoms with Crippen molar-refractivity contribution in [3.05, 3.63) is 64.7 Å². The van der Waals surface area contributed by atoms with Crippen molar-refractivity contribution in [2.24, 2.45) is 0 Å². The van der Waals surface area contributed by atoms with Crippen molar-refractivity contribution in [1.29, 1.82) is 0 Å². The first-order valence-electron chi connectivity index (χ1n) is 9.62. The number of benzene rings is 2. The average Bonchev–Trinajstić information content (AvgIpc) is 3.21. The molecule has 2 N–H and O–H groups in total. The summed E-state index contributed by atoms with van der Waals surface area (Å²) < 4.78 is 33.5. The largest absolute Gasteiger partial charge is 0.496 e. The lowest BCUT2D eigenvalue weighted by Crippen LogP contribution is -2.28. The molecule has 1 heterocycles. The Morgan fingerprint density at radius 3 is 2.52 bits per heavy atom. The molecule has 10 heteroatoms. The van der Waals surface area contributed by atoms with E-state index in [1.54, 1.807) is 19.2 Å². The van der Waals surface area contributed by atoms with Gasteiger partial charge in [0.2, 0.25) is 9.47 Å². The van der Waals surface area contributed by atoms with E-state index in [-0.39, 0.29) is 15.4 Å². The Morgan fingerprint density at radius 2 is 1.87 bits per heavy atom. The predicted octanol–water partition coefficient (Wildman–Crippen LogP) is 3.85. The second-order valence-electron chi connectivity index (χ2n) is 6.95. The molecule has 0 aliphatic carbocycles. The number of nitrogens with zero attached hydrogens (tertiary/aromatic N) is 2. The van der Waals surface area contributed by atoms with Crippen molar-refractivity contribution < 1.29 is 17.9 Å². The van der Waals surface area contributed by atoms with Gasteiger partial charge in [0.15, 0.2) is 0 Å². The molecule has 3 aromatic rings. The third kappa shape index (κ3) is 5.27. The van der Waals surface area contributed by atoms with Crippen LogP contribution in [-0.2, 0) is 10.0 Å². The Labute approximate surface area is 185 Å². The SMILES string of the molecule is CCC(NS(=O)(=O)c1nnc(NC(=O)c2ccccc2C)s1)c1ccc(OC)c(C)c1. The zero-order chi connectivity index (χ0) is 22.6. The van der Waals surface area contributed by atoms with Gasteiger partial charge in [-0.05, 0) is 49.1 Å². The topological polar surface area (TPSA) is 110 Å². The first-order chi connectivity index (χ1) is 14.7. The first-order valence-corrected chi connectivity index (χ1v) is 11.9. The van der Waals surface area contributed by atoms with Crippen LogP contribution in [0, 0.1) is 13.8 Å². The second kappa shape index (κ2) is 9.54. The summed E-state index contributed by atoms with van der Waals surface area (Å²) in [5, 5.41) is 10.3. The zero-order valence-electron chi connectivity index (χ0n) is 17.7. The number of amides is 1. The number of nitrogens with one attached hydrogen (secondary N) is 2. The maximum atomic E-state index is 12.9. The molecule has 1 atom stereocenters. The highest BCUT2D eigenvalue weighted by molar-refractivity contribution is 7.91. The first kappa shape index (κ1) is 22.9. The number of ether oxygens (including phenoxy) is 1. The predicted molar refractivity (Wildman–Crippen MR) is 120 cm³/mol. The number of hydrogen-bond acceptors (Lipinski definition) is 7. The van der Waals surface area contributed by atoms with E-state index < -0.39 is 16.1 Å². The highest BCUT2D eigenvalue weighted by Gasteiger charge is 2.25. The van der Waals surface area contributed by atoms with Gasteiger partial charge in [-0.3, -0.25) is 10.1 Å². The van der Waals surface area contributed by atoms with E-state index in [4.69, 9.17) is 4.74 Å². The monoisotopic (exact) mass is 460 g/mol. The molecule has 2 aromatic carbocycles. The molecule has 3 rings (SSSR count). The summed E-state index contributed by atoms with van der Waals surface area (Å²) >= 11 is 0.801. The van der Waals surface area contributed by atoms with Gasteiger partial charge >= 0.3 is 0 Å². The maximum Gasteiger partial charge on any atom is 0.270 e. The van der Waals surface area contributed by atoms with Gasteiger partial charge in [0.1, 0.15) is 5.75 Å². The minimum atomic E-state index is -3.92. The standard InChI is InChI=1S/C21H24N4O4S2/c1-5-17(15-10-11-18(29-4)14(3)12-15)25-31(27,28)21-24-23-20(30-21)22-19(26)16-9-7-6-8-13(16)2/h6-12,17,25H,5H2,1-4H3,(H,22,23,26). The third-order valence-electron chi connectivity index (χ3n) is 4.77. The fraction of sp³-hybridized carbons (Fsp3) is 0.286. The van der Waals surface area contributed by atoms with Gasteiger partial charge in [-0.15, -0.1) is 10.2 Å². The summed E-state index contributed by atoms with van der Waals surface area (Å²) in [7, 11) is -2.33. The second-order valence-corrected chi connectivity index (χ2v) is 9.82. The van der Waals surface area contributed by atoms with Gasteiger partial charge < -0.3 is 4.74 Å². The van der Waals surface area contributed by atoms with E-state index in [0.717, 1.165) is 33.8 Å². The number of anilines is 1. The van der Waals surface area contributed by atoms with E-state index in [2.05, 4.69) is 20.2 Å². The number of methoxy groups -OCH3 is 1. The molecule has 0 aliphatic heterocycles. The van der Waals surface area contributed by atoms with E-state index in [0.29, 0.717) is 12.0 Å². The number of aromatic nitrogens is 2. The highest BCUT2D eigenvalue weighted by atomic mass is 32.2. The van der Waals surface area contributed by atoms with Crippen LogP contribution in [0.5, 0.6) is 5.75 Å². The number of aryl methyl sites for hydroxylation is 2. The zero-order valence-corrected chi connectivity index (χ0v) is 19.3. The molecule has 0 spiro atoms. The van der Waals surface area contributed by atoms with E-state index >= 15 is 0 Å². The molecule has 31 heavy (non-hydrogen) atoms. The molecular weight excluding hydrogens is 436 g/mol. The summed E-state index contributed by atoms with van der Waals surface area (Å²) in [6.07, 6.45) is 0.542. The van der Waals surface area contributed by atoms with Gasteiger partial charge in [-0.25, -0.2) is 13.1 Å². The molecule has 0 fully saturated rings. The quantitative estimate of drug-likeness (QED) is 0.494. The third-order valence-corrected chi connectivity index (χ3v) is 7.45. The molecule has 0 radical (unpaired) electrons. The van der Waals surface area contributed by atoms with Crippen LogP contribution >= 0.6 is 11.3 Å². The average molecular weight is 461 g/mol. The van der Waals surface area contributed by atoms with Crippen LogP contribution in [-0.4, -0.2) is 31.6 Å². The Morgan fingerprint density at radius 1 is 1.13 bits per heavy atom. The van der Waals surface area contributed by atoms with E-state index in [9.17, 15) is 13.2 Å². The number of carbonyl (C=O) groups excluding carboxylic acids is 1. The van der Waals surface area contributed by atoms with Crippen LogP contribution in [0.2, 0.25) is 0 Å². The van der Waals surface area contributed by atoms with Gasteiger partial charge in [0.25, 0.3) is 15.9 Å². The van der Waals surface area contributed by atoms with Crippen LogP contribution in [0.25, 0.3) is 0 Å². The molecule has 0 aliphatic rings. The Balaban J connectivity index is 1.76. The molecule has 1 unspecified atom stereocenters. The van der Waals surface area contributed by atoms with Crippen molar-refractivity contribution in [3.8, 4) is 5.75 Å². The van der Waals surface area contributed by atoms with Crippen molar-refractivity contribution in [1.82, 2.24) is 14.9 Å². The van der Waals surface area contributed by atoms with Crippen LogP contribution in [0.3, 0.4) is 0 Å². The van der Waals surface area contributed by atoms with Crippen molar-refractivity contribution in [2.75, 3.05) is 12.4 Å². The van der Waals surface area contributed by atoms with Crippen LogP contribution in [0.15, 0.2) is 46.8 Å². The van der Waals surface area contributed by atoms with Gasteiger partial charge in [0.05, 0.1) is 7.11 Å². The number of hydrogen-bond donors (Lipinski definition) is 2. The molecule has 1 amide bonds. The summed E-state index contributed by atoms with van der Waals surface area (Å²) in [6.45, 7) is 5.61. The highest BCUT2D eigenvalue weighted by Crippen LogP contribution is 2.27. The molecular formula is C21H24N4O4S2. The van der Waals surface area contributed by atoms with Crippen LogP contribution in [0.1, 0.15) is 46.4 Å². The lowest BCUT2D eigenvalue weighted by atomic mass is 10.0. The summed E-state index contributed by atoms with van der Waals surface area (Å²) in [5.74, 6) is 0.367. The molecule has 0 saturated heterocycles. The Kier molecular flexibility index (Phi) is 7.04. The molecule has 0 saturated carbocycles. The Bertz CT molecular complexity index is 1190. The minimum Gasteiger partial charge on any atom is -0.496 e. The maximum absolute atomic E-state index is 12.9. The lowest BCUT2D eigenvalue weighted by molar-refractivity contribution is 0.102. The smallest absolute Gasteiger partial charge is 0.270 e. The lowest BCUT2D eigenvalue weighted by Gasteiger charge is -2.17. The summed E-state index contributed by atoms with van der Waals surface area (Å²) in [5.41, 5.74) is 3.03. The van der Waals surface area contributed by atoms with Crippen molar-refractivity contribution in [3.63, 3.8) is 0 Å². The molecule has 1 aromatic heterocycles.